The molecule has 2 aromatic rings. The number of hydrogen-bond acceptors (Lipinski definition) is 3. The molecule has 0 aliphatic heterocycles. The monoisotopic (exact) mass is 204 g/mol. The van der Waals surface area contributed by atoms with Crippen LogP contribution in [-0.2, 0) is 7.05 Å². The van der Waals surface area contributed by atoms with Crippen LogP contribution >= 0.6 is 0 Å². The van der Waals surface area contributed by atoms with E-state index in [-0.39, 0.29) is 18.1 Å². The van der Waals surface area contributed by atoms with Crippen molar-refractivity contribution in [2.45, 2.75) is 0 Å². The van der Waals surface area contributed by atoms with Crippen LogP contribution in [0.5, 0.6) is 5.75 Å². The Morgan fingerprint density at radius 3 is 2.93 bits per heavy atom. The Hall–Kier alpha value is -1.81. The van der Waals surface area contributed by atoms with Crippen molar-refractivity contribution in [1.82, 2.24) is 4.57 Å². The third-order valence-corrected chi connectivity index (χ3v) is 2.46. The van der Waals surface area contributed by atoms with Crippen molar-refractivity contribution in [1.29, 1.82) is 0 Å². The van der Waals surface area contributed by atoms with Gasteiger partial charge >= 0.3 is 0 Å². The van der Waals surface area contributed by atoms with Crippen LogP contribution in [0.2, 0.25) is 0 Å². The van der Waals surface area contributed by atoms with E-state index >= 15 is 0 Å². The normalized spacial score (nSPS) is 10.8. The molecule has 0 saturated heterocycles. The minimum atomic E-state index is -0.119. The van der Waals surface area contributed by atoms with Crippen LogP contribution in [0.4, 0.5) is 0 Å². The number of carbonyl (C=O) groups excluding carboxylic acids is 1. The Morgan fingerprint density at radius 2 is 2.27 bits per heavy atom. The van der Waals surface area contributed by atoms with Crippen LogP contribution in [0, 0.1) is 0 Å². The van der Waals surface area contributed by atoms with Crippen molar-refractivity contribution in [3.05, 3.63) is 30.0 Å². The highest BCUT2D eigenvalue weighted by molar-refractivity contribution is 6.09. The van der Waals surface area contributed by atoms with Gasteiger partial charge in [0.2, 0.25) is 0 Å². The van der Waals surface area contributed by atoms with E-state index in [2.05, 4.69) is 0 Å². The van der Waals surface area contributed by atoms with E-state index < -0.39 is 0 Å². The first-order chi connectivity index (χ1) is 7.13. The average molecular weight is 204 g/mol. The third kappa shape index (κ3) is 1.49. The van der Waals surface area contributed by atoms with Gasteiger partial charge < -0.3 is 15.4 Å². The molecule has 1 aromatic heterocycles. The molecule has 0 bridgehead atoms. The fourth-order valence-electron chi connectivity index (χ4n) is 1.71. The highest BCUT2D eigenvalue weighted by Gasteiger charge is 2.12. The summed E-state index contributed by atoms with van der Waals surface area (Å²) in [4.78, 5) is 11.5. The largest absolute Gasteiger partial charge is 0.508 e. The van der Waals surface area contributed by atoms with Gasteiger partial charge in [-0.3, -0.25) is 4.79 Å². The van der Waals surface area contributed by atoms with E-state index in [0.29, 0.717) is 5.56 Å². The predicted octanol–water partition coefficient (Wildman–Crippen LogP) is 1.03. The molecule has 78 valence electrons. The van der Waals surface area contributed by atoms with Crippen LogP contribution in [0.3, 0.4) is 0 Å². The molecule has 4 nitrogen and oxygen atoms in total. The summed E-state index contributed by atoms with van der Waals surface area (Å²) in [7, 11) is 1.85. The van der Waals surface area contributed by atoms with Crippen LogP contribution in [0.15, 0.2) is 24.4 Å². The standard InChI is InChI=1S/C11H12N2O2/c1-13-6-9(11(15)5-12)8-4-7(14)2-3-10(8)13/h2-4,6,14H,5,12H2,1H3. The van der Waals surface area contributed by atoms with Crippen molar-refractivity contribution in [3.63, 3.8) is 0 Å². The summed E-state index contributed by atoms with van der Waals surface area (Å²) < 4.78 is 1.84. The van der Waals surface area contributed by atoms with E-state index in [1.54, 1.807) is 24.4 Å². The summed E-state index contributed by atoms with van der Waals surface area (Å²) in [5, 5.41) is 10.1. The van der Waals surface area contributed by atoms with Gasteiger partial charge in [0, 0.05) is 29.7 Å². The van der Waals surface area contributed by atoms with Crippen molar-refractivity contribution >= 4 is 16.7 Å². The first-order valence-electron chi connectivity index (χ1n) is 4.65. The van der Waals surface area contributed by atoms with Gasteiger partial charge in [-0.25, -0.2) is 0 Å². The summed E-state index contributed by atoms with van der Waals surface area (Å²) >= 11 is 0. The van der Waals surface area contributed by atoms with Gasteiger partial charge in [-0.05, 0) is 18.2 Å². The molecule has 0 amide bonds. The van der Waals surface area contributed by atoms with Gasteiger partial charge in [-0.1, -0.05) is 0 Å². The molecule has 0 radical (unpaired) electrons. The molecule has 0 spiro atoms. The number of nitrogens with zero attached hydrogens (tertiary/aromatic N) is 1. The number of ketones is 1. The number of aryl methyl sites for hydroxylation is 1. The summed E-state index contributed by atoms with van der Waals surface area (Å²) in [6.45, 7) is -0.0191. The van der Waals surface area contributed by atoms with E-state index in [4.69, 9.17) is 5.73 Å². The van der Waals surface area contributed by atoms with E-state index in [1.807, 2.05) is 11.6 Å². The summed E-state index contributed by atoms with van der Waals surface area (Å²) in [5.74, 6) is 0.0333. The van der Waals surface area contributed by atoms with Crippen molar-refractivity contribution in [2.24, 2.45) is 12.8 Å². The third-order valence-electron chi connectivity index (χ3n) is 2.46. The summed E-state index contributed by atoms with van der Waals surface area (Å²) in [6.07, 6.45) is 1.74. The molecule has 0 atom stereocenters. The van der Waals surface area contributed by atoms with Gasteiger partial charge in [0.05, 0.1) is 6.54 Å². The van der Waals surface area contributed by atoms with Crippen molar-refractivity contribution in [3.8, 4) is 5.75 Å². The summed E-state index contributed by atoms with van der Waals surface area (Å²) in [5.41, 5.74) is 6.79. The number of nitrogens with two attached hydrogens (primary N) is 1. The predicted molar refractivity (Wildman–Crippen MR) is 58.0 cm³/mol. The zero-order chi connectivity index (χ0) is 11.0. The second-order valence-electron chi connectivity index (χ2n) is 3.48. The number of fused-ring (bicyclic) bond motifs is 1. The highest BCUT2D eigenvalue weighted by atomic mass is 16.3. The molecule has 0 aliphatic carbocycles. The molecule has 15 heavy (non-hydrogen) atoms. The molecular weight excluding hydrogens is 192 g/mol. The van der Waals surface area contributed by atoms with E-state index in [1.165, 1.54) is 0 Å². The molecule has 1 aromatic carbocycles. The SMILES string of the molecule is Cn1cc(C(=O)CN)c2cc(O)ccc21. The molecule has 0 saturated carbocycles. The number of hydrogen-bond donors (Lipinski definition) is 2. The van der Waals surface area contributed by atoms with Gasteiger partial charge in [-0.15, -0.1) is 0 Å². The van der Waals surface area contributed by atoms with E-state index in [9.17, 15) is 9.90 Å². The Morgan fingerprint density at radius 1 is 1.53 bits per heavy atom. The second kappa shape index (κ2) is 3.40. The maximum atomic E-state index is 11.5. The first-order valence-corrected chi connectivity index (χ1v) is 4.65. The second-order valence-corrected chi connectivity index (χ2v) is 3.48. The quantitative estimate of drug-likeness (QED) is 0.718. The Bertz CT molecular complexity index is 529. The lowest BCUT2D eigenvalue weighted by Gasteiger charge is -1.97. The Kier molecular flexibility index (Phi) is 2.21. The number of aromatic hydroxyl groups is 1. The lowest BCUT2D eigenvalue weighted by atomic mass is 10.1. The fourth-order valence-corrected chi connectivity index (χ4v) is 1.71. The molecule has 3 N–H and O–H groups in total. The number of benzene rings is 1. The number of phenols is 1. The Balaban J connectivity index is 2.75. The number of carbonyl (C=O) groups is 1. The van der Waals surface area contributed by atoms with Crippen LogP contribution in [-0.4, -0.2) is 22.0 Å². The number of Topliss-reactive ketones (excluding diaryl/α,β-unsaturated/α-hetero) is 1. The molecule has 0 aliphatic rings. The zero-order valence-corrected chi connectivity index (χ0v) is 8.40. The Labute approximate surface area is 86.9 Å². The van der Waals surface area contributed by atoms with Crippen LogP contribution in [0.25, 0.3) is 10.9 Å². The average Bonchev–Trinajstić information content (AvgIpc) is 2.54. The maximum Gasteiger partial charge on any atom is 0.178 e. The summed E-state index contributed by atoms with van der Waals surface area (Å²) in [6, 6.07) is 4.95. The zero-order valence-electron chi connectivity index (χ0n) is 8.40. The topological polar surface area (TPSA) is 68.2 Å². The molecule has 4 heteroatoms. The van der Waals surface area contributed by atoms with E-state index in [0.717, 1.165) is 10.9 Å². The highest BCUT2D eigenvalue weighted by Crippen LogP contribution is 2.24. The van der Waals surface area contributed by atoms with Crippen molar-refractivity contribution < 1.29 is 9.90 Å². The minimum Gasteiger partial charge on any atom is -0.508 e. The molecule has 1 heterocycles. The molecule has 0 unspecified atom stereocenters. The van der Waals surface area contributed by atoms with Crippen LogP contribution < -0.4 is 5.73 Å². The number of rotatable bonds is 2. The lowest BCUT2D eigenvalue weighted by Crippen LogP contribution is -2.12. The number of phenolic OH excluding ortho intramolecular Hbond substituents is 1. The maximum absolute atomic E-state index is 11.5. The fraction of sp³-hybridized carbons (Fsp3) is 0.182. The van der Waals surface area contributed by atoms with Crippen molar-refractivity contribution in [2.75, 3.05) is 6.54 Å². The van der Waals surface area contributed by atoms with Gasteiger partial charge in [0.1, 0.15) is 5.75 Å². The number of aromatic nitrogens is 1. The molecule has 2 rings (SSSR count). The van der Waals surface area contributed by atoms with Gasteiger partial charge in [-0.2, -0.15) is 0 Å². The molecule has 0 fully saturated rings. The first kappa shape index (κ1) is 9.73. The lowest BCUT2D eigenvalue weighted by molar-refractivity contribution is 0.100. The minimum absolute atomic E-state index is 0.0191. The molecular formula is C11H12N2O2. The van der Waals surface area contributed by atoms with Gasteiger partial charge in [0.25, 0.3) is 0 Å². The van der Waals surface area contributed by atoms with Crippen LogP contribution in [0.1, 0.15) is 10.4 Å². The smallest absolute Gasteiger partial charge is 0.178 e. The van der Waals surface area contributed by atoms with Gasteiger partial charge in [0.15, 0.2) is 5.78 Å².